The smallest absolute Gasteiger partial charge is 0.0351 e. The monoisotopic (exact) mass is 237 g/mol. The van der Waals surface area contributed by atoms with Crippen LogP contribution in [0.15, 0.2) is 0 Å². The zero-order valence-electron chi connectivity index (χ0n) is 11.2. The van der Waals surface area contributed by atoms with E-state index in [0.717, 1.165) is 18.0 Å². The molecule has 0 spiro atoms. The molecular formula is C14H27N3. The van der Waals surface area contributed by atoms with Crippen LogP contribution in [0.1, 0.15) is 32.6 Å². The summed E-state index contributed by atoms with van der Waals surface area (Å²) in [5.41, 5.74) is 0. The molecule has 0 bridgehead atoms. The molecule has 0 radical (unpaired) electrons. The van der Waals surface area contributed by atoms with Crippen molar-refractivity contribution in [2.24, 2.45) is 5.92 Å². The third-order valence-electron chi connectivity index (χ3n) is 5.17. The van der Waals surface area contributed by atoms with Crippen LogP contribution in [0.3, 0.4) is 0 Å². The molecule has 0 aromatic carbocycles. The van der Waals surface area contributed by atoms with E-state index in [1.54, 1.807) is 0 Å². The van der Waals surface area contributed by atoms with E-state index in [1.165, 1.54) is 65.0 Å². The number of hydrogen-bond donors (Lipinski definition) is 1. The lowest BCUT2D eigenvalue weighted by Crippen LogP contribution is -2.65. The Morgan fingerprint density at radius 3 is 2.53 bits per heavy atom. The minimum atomic E-state index is 0.871. The highest BCUT2D eigenvalue weighted by Crippen LogP contribution is 2.35. The summed E-state index contributed by atoms with van der Waals surface area (Å²) in [6, 6.07) is 1.80. The topological polar surface area (TPSA) is 18.5 Å². The molecule has 2 saturated heterocycles. The van der Waals surface area contributed by atoms with E-state index in [4.69, 9.17) is 0 Å². The van der Waals surface area contributed by atoms with Gasteiger partial charge < -0.3 is 5.32 Å². The van der Waals surface area contributed by atoms with E-state index in [1.807, 2.05) is 0 Å². The Morgan fingerprint density at radius 2 is 1.82 bits per heavy atom. The zero-order chi connectivity index (χ0) is 11.7. The molecule has 3 rings (SSSR count). The summed E-state index contributed by atoms with van der Waals surface area (Å²) in [5, 5.41) is 3.45. The van der Waals surface area contributed by atoms with Crippen molar-refractivity contribution in [2.45, 2.75) is 44.7 Å². The second kappa shape index (κ2) is 5.25. The molecule has 1 N–H and O–H groups in total. The average molecular weight is 237 g/mol. The Kier molecular flexibility index (Phi) is 3.69. The lowest BCUT2D eigenvalue weighted by atomic mass is 9.94. The fourth-order valence-corrected chi connectivity index (χ4v) is 4.01. The molecule has 0 aromatic rings. The maximum atomic E-state index is 3.45. The van der Waals surface area contributed by atoms with Crippen molar-refractivity contribution >= 4 is 0 Å². The van der Waals surface area contributed by atoms with E-state index in [9.17, 15) is 0 Å². The third kappa shape index (κ3) is 2.38. The van der Waals surface area contributed by atoms with Gasteiger partial charge in [0.25, 0.3) is 0 Å². The first kappa shape index (κ1) is 11.9. The van der Waals surface area contributed by atoms with Crippen molar-refractivity contribution in [1.82, 2.24) is 15.1 Å². The van der Waals surface area contributed by atoms with Gasteiger partial charge in [-0.2, -0.15) is 0 Å². The second-order valence-electron chi connectivity index (χ2n) is 6.06. The maximum Gasteiger partial charge on any atom is 0.0351 e. The number of hydrogen-bond acceptors (Lipinski definition) is 3. The quantitative estimate of drug-likeness (QED) is 0.794. The van der Waals surface area contributed by atoms with E-state index in [0.29, 0.717) is 0 Å². The van der Waals surface area contributed by atoms with Gasteiger partial charge in [-0.1, -0.05) is 19.8 Å². The first-order chi connectivity index (χ1) is 8.38. The molecule has 2 atom stereocenters. The van der Waals surface area contributed by atoms with Crippen molar-refractivity contribution in [3.63, 3.8) is 0 Å². The van der Waals surface area contributed by atoms with Gasteiger partial charge in [-0.05, 0) is 18.8 Å². The summed E-state index contributed by atoms with van der Waals surface area (Å²) in [5.74, 6) is 0.999. The van der Waals surface area contributed by atoms with Crippen molar-refractivity contribution in [3.05, 3.63) is 0 Å². The van der Waals surface area contributed by atoms with E-state index < -0.39 is 0 Å². The van der Waals surface area contributed by atoms with Crippen LogP contribution in [0.25, 0.3) is 0 Å². The van der Waals surface area contributed by atoms with Gasteiger partial charge in [0.15, 0.2) is 0 Å². The predicted octanol–water partition coefficient (Wildman–Crippen LogP) is 1.15. The van der Waals surface area contributed by atoms with Crippen LogP contribution in [0.2, 0.25) is 0 Å². The normalized spacial score (nSPS) is 37.2. The molecule has 17 heavy (non-hydrogen) atoms. The minimum Gasteiger partial charge on any atom is -0.314 e. The minimum absolute atomic E-state index is 0.871. The summed E-state index contributed by atoms with van der Waals surface area (Å²) in [6.07, 6.45) is 5.81. The molecule has 98 valence electrons. The molecule has 3 nitrogen and oxygen atoms in total. The fourth-order valence-electron chi connectivity index (χ4n) is 4.01. The number of rotatable bonds is 3. The second-order valence-corrected chi connectivity index (χ2v) is 6.06. The Morgan fingerprint density at radius 1 is 1.06 bits per heavy atom. The molecule has 1 aliphatic carbocycles. The van der Waals surface area contributed by atoms with Crippen LogP contribution in [-0.2, 0) is 0 Å². The predicted molar refractivity (Wildman–Crippen MR) is 71.2 cm³/mol. The highest BCUT2D eigenvalue weighted by atomic mass is 15.3. The first-order valence-corrected chi connectivity index (χ1v) is 7.57. The molecule has 2 unspecified atom stereocenters. The Hall–Kier alpha value is -0.120. The van der Waals surface area contributed by atoms with Gasteiger partial charge in [0.1, 0.15) is 0 Å². The molecule has 3 aliphatic rings. The standard InChI is InChI=1S/C14H27N3/c1-2-12-4-3-5-14(12)17-10-13(11-17)16-8-6-15-7-9-16/h12-15H,2-11H2,1H3. The van der Waals surface area contributed by atoms with Crippen LogP contribution >= 0.6 is 0 Å². The van der Waals surface area contributed by atoms with Crippen LogP contribution < -0.4 is 5.32 Å². The van der Waals surface area contributed by atoms with Crippen molar-refractivity contribution < 1.29 is 0 Å². The van der Waals surface area contributed by atoms with Crippen molar-refractivity contribution in [1.29, 1.82) is 0 Å². The molecule has 3 fully saturated rings. The van der Waals surface area contributed by atoms with Crippen molar-refractivity contribution in [3.8, 4) is 0 Å². The summed E-state index contributed by atoms with van der Waals surface area (Å²) in [7, 11) is 0. The van der Waals surface area contributed by atoms with Gasteiger partial charge in [-0.25, -0.2) is 0 Å². The van der Waals surface area contributed by atoms with Gasteiger partial charge >= 0.3 is 0 Å². The molecule has 2 heterocycles. The van der Waals surface area contributed by atoms with Crippen LogP contribution in [0.4, 0.5) is 0 Å². The van der Waals surface area contributed by atoms with Crippen molar-refractivity contribution in [2.75, 3.05) is 39.3 Å². The van der Waals surface area contributed by atoms with Crippen LogP contribution in [0.5, 0.6) is 0 Å². The summed E-state index contributed by atoms with van der Waals surface area (Å²) in [4.78, 5) is 5.47. The zero-order valence-corrected chi connectivity index (χ0v) is 11.2. The summed E-state index contributed by atoms with van der Waals surface area (Å²) >= 11 is 0. The molecule has 0 aromatic heterocycles. The van der Waals surface area contributed by atoms with Gasteiger partial charge in [0.2, 0.25) is 0 Å². The molecule has 2 aliphatic heterocycles. The lowest BCUT2D eigenvalue weighted by molar-refractivity contribution is -0.0110. The van der Waals surface area contributed by atoms with E-state index in [-0.39, 0.29) is 0 Å². The average Bonchev–Trinajstić information content (AvgIpc) is 2.77. The number of piperazine rings is 1. The lowest BCUT2D eigenvalue weighted by Gasteiger charge is -2.50. The molecular weight excluding hydrogens is 210 g/mol. The van der Waals surface area contributed by atoms with Gasteiger partial charge in [-0.15, -0.1) is 0 Å². The SMILES string of the molecule is CCC1CCCC1N1CC(N2CCNCC2)C1. The molecule has 3 heteroatoms. The Labute approximate surface area is 106 Å². The van der Waals surface area contributed by atoms with E-state index in [2.05, 4.69) is 22.0 Å². The highest BCUT2D eigenvalue weighted by molar-refractivity contribution is 4.96. The van der Waals surface area contributed by atoms with Crippen LogP contribution in [0, 0.1) is 5.92 Å². The Bertz CT molecular complexity index is 244. The number of nitrogens with one attached hydrogen (secondary N) is 1. The maximum absolute atomic E-state index is 3.45. The first-order valence-electron chi connectivity index (χ1n) is 7.57. The van der Waals surface area contributed by atoms with Crippen LogP contribution in [-0.4, -0.2) is 61.2 Å². The molecule has 1 saturated carbocycles. The van der Waals surface area contributed by atoms with Gasteiger partial charge in [0.05, 0.1) is 0 Å². The summed E-state index contributed by atoms with van der Waals surface area (Å²) < 4.78 is 0. The number of likely N-dealkylation sites (tertiary alicyclic amines) is 1. The molecule has 0 amide bonds. The van der Waals surface area contributed by atoms with E-state index >= 15 is 0 Å². The largest absolute Gasteiger partial charge is 0.314 e. The van der Waals surface area contributed by atoms with Gasteiger partial charge in [-0.3, -0.25) is 9.80 Å². The third-order valence-corrected chi connectivity index (χ3v) is 5.17. The fraction of sp³-hybridized carbons (Fsp3) is 1.00. The highest BCUT2D eigenvalue weighted by Gasteiger charge is 2.40. The summed E-state index contributed by atoms with van der Waals surface area (Å²) in [6.45, 7) is 9.98. The van der Waals surface area contributed by atoms with Gasteiger partial charge in [0, 0.05) is 51.4 Å². The number of nitrogens with zero attached hydrogens (tertiary/aromatic N) is 2. The Balaban J connectivity index is 1.47.